The van der Waals surface area contributed by atoms with Gasteiger partial charge >= 0.3 is 0 Å². The highest BCUT2D eigenvalue weighted by Gasteiger charge is 2.35. The van der Waals surface area contributed by atoms with E-state index in [1.165, 1.54) is 24.8 Å². The van der Waals surface area contributed by atoms with E-state index in [0.717, 1.165) is 31.1 Å². The van der Waals surface area contributed by atoms with Crippen molar-refractivity contribution in [2.24, 2.45) is 0 Å². The van der Waals surface area contributed by atoms with Crippen LogP contribution in [0.3, 0.4) is 0 Å². The monoisotopic (exact) mass is 308 g/mol. The first-order valence-electron chi connectivity index (χ1n) is 8.06. The van der Waals surface area contributed by atoms with Gasteiger partial charge in [0.25, 0.3) is 0 Å². The van der Waals surface area contributed by atoms with Crippen LogP contribution in [0.25, 0.3) is 0 Å². The number of nitrogens with one attached hydrogen (secondary N) is 1. The van der Waals surface area contributed by atoms with Gasteiger partial charge in [-0.25, -0.2) is 0 Å². The minimum atomic E-state index is 0.393. The van der Waals surface area contributed by atoms with E-state index in [9.17, 15) is 0 Å². The molecule has 21 heavy (non-hydrogen) atoms. The summed E-state index contributed by atoms with van der Waals surface area (Å²) in [6.45, 7) is 3.11. The van der Waals surface area contributed by atoms with E-state index in [1.54, 1.807) is 0 Å². The summed E-state index contributed by atoms with van der Waals surface area (Å²) in [7, 11) is 2.04. The minimum absolute atomic E-state index is 0.393. The molecule has 3 unspecified atom stereocenters. The Kier molecular flexibility index (Phi) is 5.17. The zero-order valence-corrected chi connectivity index (χ0v) is 13.5. The van der Waals surface area contributed by atoms with Crippen molar-refractivity contribution in [1.29, 1.82) is 0 Å². The number of morpholine rings is 1. The van der Waals surface area contributed by atoms with Gasteiger partial charge in [-0.05, 0) is 50.4 Å². The van der Waals surface area contributed by atoms with E-state index < -0.39 is 0 Å². The Morgan fingerprint density at radius 2 is 2.14 bits per heavy atom. The van der Waals surface area contributed by atoms with Crippen molar-refractivity contribution in [2.75, 3.05) is 26.7 Å². The number of nitrogens with zero attached hydrogens (tertiary/aromatic N) is 1. The van der Waals surface area contributed by atoms with Crippen molar-refractivity contribution >= 4 is 11.6 Å². The standard InChI is InChI=1S/C17H25ClN2O/c1-19-15(13-5-7-14(18)8-6-13)9-10-20-11-12-21-17-4-2-3-16(17)20/h5-8,15-17,19H,2-4,9-12H2,1H3. The van der Waals surface area contributed by atoms with E-state index in [-0.39, 0.29) is 0 Å². The molecule has 0 amide bonds. The van der Waals surface area contributed by atoms with Crippen LogP contribution < -0.4 is 5.32 Å². The number of rotatable bonds is 5. The van der Waals surface area contributed by atoms with Crippen LogP contribution in [-0.4, -0.2) is 43.8 Å². The molecule has 1 heterocycles. The van der Waals surface area contributed by atoms with Gasteiger partial charge in [-0.1, -0.05) is 23.7 Å². The molecule has 0 spiro atoms. The Labute approximate surface area is 132 Å². The smallest absolute Gasteiger partial charge is 0.0730 e. The van der Waals surface area contributed by atoms with Crippen LogP contribution >= 0.6 is 11.6 Å². The predicted octanol–water partition coefficient (Wildman–Crippen LogP) is 3.24. The third-order valence-electron chi connectivity index (χ3n) is 4.92. The highest BCUT2D eigenvalue weighted by atomic mass is 35.5. The number of hydrogen-bond donors (Lipinski definition) is 1. The molecule has 1 saturated carbocycles. The van der Waals surface area contributed by atoms with Gasteiger partial charge in [-0.2, -0.15) is 0 Å². The van der Waals surface area contributed by atoms with Crippen molar-refractivity contribution in [1.82, 2.24) is 10.2 Å². The van der Waals surface area contributed by atoms with Gasteiger partial charge in [-0.3, -0.25) is 4.90 Å². The quantitative estimate of drug-likeness (QED) is 0.904. The highest BCUT2D eigenvalue weighted by Crippen LogP contribution is 2.30. The molecule has 1 aromatic rings. The summed E-state index contributed by atoms with van der Waals surface area (Å²) < 4.78 is 5.89. The predicted molar refractivity (Wildman–Crippen MR) is 86.8 cm³/mol. The molecule has 0 bridgehead atoms. The molecule has 0 radical (unpaired) electrons. The van der Waals surface area contributed by atoms with E-state index >= 15 is 0 Å². The van der Waals surface area contributed by atoms with Crippen molar-refractivity contribution in [3.8, 4) is 0 Å². The second kappa shape index (κ2) is 7.10. The summed E-state index contributed by atoms with van der Waals surface area (Å²) in [5.74, 6) is 0. The van der Waals surface area contributed by atoms with Gasteiger partial charge in [0.1, 0.15) is 0 Å². The van der Waals surface area contributed by atoms with Crippen LogP contribution in [0.2, 0.25) is 5.02 Å². The minimum Gasteiger partial charge on any atom is -0.375 e. The summed E-state index contributed by atoms with van der Waals surface area (Å²) >= 11 is 5.98. The molecule has 1 aromatic carbocycles. The van der Waals surface area contributed by atoms with Crippen LogP contribution in [0.5, 0.6) is 0 Å². The van der Waals surface area contributed by atoms with Gasteiger partial charge in [-0.15, -0.1) is 0 Å². The zero-order chi connectivity index (χ0) is 14.7. The van der Waals surface area contributed by atoms with Crippen molar-refractivity contribution in [3.63, 3.8) is 0 Å². The summed E-state index contributed by atoms with van der Waals surface area (Å²) in [5, 5.41) is 4.24. The lowest BCUT2D eigenvalue weighted by Crippen LogP contribution is -2.49. The first-order valence-corrected chi connectivity index (χ1v) is 8.44. The van der Waals surface area contributed by atoms with Gasteiger partial charge in [0.2, 0.25) is 0 Å². The third-order valence-corrected chi connectivity index (χ3v) is 5.17. The average Bonchev–Trinajstić information content (AvgIpc) is 2.99. The molecule has 1 N–H and O–H groups in total. The maximum absolute atomic E-state index is 5.98. The summed E-state index contributed by atoms with van der Waals surface area (Å²) in [4.78, 5) is 2.64. The van der Waals surface area contributed by atoms with Gasteiger partial charge in [0.05, 0.1) is 12.7 Å². The van der Waals surface area contributed by atoms with Crippen molar-refractivity contribution < 1.29 is 4.74 Å². The summed E-state index contributed by atoms with van der Waals surface area (Å²) in [5.41, 5.74) is 1.32. The van der Waals surface area contributed by atoms with Crippen molar-refractivity contribution in [2.45, 2.75) is 43.9 Å². The van der Waals surface area contributed by atoms with Crippen molar-refractivity contribution in [3.05, 3.63) is 34.9 Å². The Bertz CT molecular complexity index is 451. The SMILES string of the molecule is CNC(CCN1CCOC2CCCC21)c1ccc(Cl)cc1. The molecule has 3 rings (SSSR count). The molecular weight excluding hydrogens is 284 g/mol. The first-order chi connectivity index (χ1) is 10.3. The fraction of sp³-hybridized carbons (Fsp3) is 0.647. The first kappa shape index (κ1) is 15.3. The number of benzene rings is 1. The molecule has 4 heteroatoms. The van der Waals surface area contributed by atoms with E-state index in [1.807, 2.05) is 19.2 Å². The molecule has 2 aliphatic rings. The molecule has 116 valence electrons. The van der Waals surface area contributed by atoms with Gasteiger partial charge in [0, 0.05) is 30.2 Å². The number of fused-ring (bicyclic) bond motifs is 1. The fourth-order valence-corrected chi connectivity index (χ4v) is 3.88. The number of ether oxygens (including phenoxy) is 1. The molecule has 0 aromatic heterocycles. The Balaban J connectivity index is 1.58. The third kappa shape index (κ3) is 3.59. The summed E-state index contributed by atoms with van der Waals surface area (Å²) in [6, 6.07) is 9.25. The lowest BCUT2D eigenvalue weighted by Gasteiger charge is -2.38. The van der Waals surface area contributed by atoms with Crippen LogP contribution in [-0.2, 0) is 4.74 Å². The lowest BCUT2D eigenvalue weighted by molar-refractivity contribution is -0.0563. The normalized spacial score (nSPS) is 27.5. The molecule has 1 aliphatic carbocycles. The Morgan fingerprint density at radius 3 is 2.90 bits per heavy atom. The topological polar surface area (TPSA) is 24.5 Å². The Hall–Kier alpha value is -0.610. The van der Waals surface area contributed by atoms with Gasteiger partial charge in [0.15, 0.2) is 0 Å². The molecule has 1 aliphatic heterocycles. The maximum atomic E-state index is 5.98. The van der Waals surface area contributed by atoms with Crippen LogP contribution in [0.4, 0.5) is 0 Å². The van der Waals surface area contributed by atoms with E-state index in [2.05, 4.69) is 22.3 Å². The highest BCUT2D eigenvalue weighted by molar-refractivity contribution is 6.30. The molecule has 1 saturated heterocycles. The summed E-state index contributed by atoms with van der Waals surface area (Å²) in [6.07, 6.45) is 5.48. The van der Waals surface area contributed by atoms with Crippen LogP contribution in [0, 0.1) is 0 Å². The second-order valence-corrected chi connectivity index (χ2v) is 6.56. The van der Waals surface area contributed by atoms with E-state index in [4.69, 9.17) is 16.3 Å². The number of hydrogen-bond acceptors (Lipinski definition) is 3. The van der Waals surface area contributed by atoms with E-state index in [0.29, 0.717) is 18.2 Å². The maximum Gasteiger partial charge on any atom is 0.0730 e. The fourth-order valence-electron chi connectivity index (χ4n) is 3.75. The lowest BCUT2D eigenvalue weighted by atomic mass is 10.0. The zero-order valence-electron chi connectivity index (χ0n) is 12.7. The largest absolute Gasteiger partial charge is 0.375 e. The van der Waals surface area contributed by atoms with Crippen LogP contribution in [0.1, 0.15) is 37.3 Å². The molecule has 3 nitrogen and oxygen atoms in total. The number of halogens is 1. The molecule has 3 atom stereocenters. The second-order valence-electron chi connectivity index (χ2n) is 6.12. The average molecular weight is 309 g/mol. The molecular formula is C17H25ClN2O. The van der Waals surface area contributed by atoms with Crippen LogP contribution in [0.15, 0.2) is 24.3 Å². The molecule has 2 fully saturated rings. The van der Waals surface area contributed by atoms with Gasteiger partial charge < -0.3 is 10.1 Å². The Morgan fingerprint density at radius 1 is 1.33 bits per heavy atom.